The lowest BCUT2D eigenvalue weighted by Gasteiger charge is -2.50. The van der Waals surface area contributed by atoms with Gasteiger partial charge in [0.15, 0.2) is 0 Å². The number of hydrogen-bond donors (Lipinski definition) is 0. The molecule has 4 aliphatic rings. The second-order valence-electron chi connectivity index (χ2n) is 26.0. The van der Waals surface area contributed by atoms with Gasteiger partial charge in [0.2, 0.25) is 0 Å². The molecule has 2 unspecified atom stereocenters. The van der Waals surface area contributed by atoms with Crippen molar-refractivity contribution in [2.24, 2.45) is 0 Å². The molecule has 0 radical (unpaired) electrons. The first-order chi connectivity index (χ1) is 33.4. The standard InChI is InChI=1S/C66H73BFN3/c1-61(2,3)43-22-27-48(28-23-43)69-57-41-49(71-55-33-26-47(68)40-51(55)65(13)34-18-19-35-66(65,71)14)29-31-53(57)67-52-30-24-45(63(7,8)9)37-56(52)70(59-39-46(64(10,11)12)38-58(69)60(59)67)54-32-25-44(62(4,5)6)36-50(54)42-20-16-15-17-21-42/h15-17,20-33,36-41H,18-19,34-35H2,1-14H3. The minimum atomic E-state index is -0.228. The predicted molar refractivity (Wildman–Crippen MR) is 303 cm³/mol. The molecule has 0 spiro atoms. The van der Waals surface area contributed by atoms with Crippen LogP contribution in [0.25, 0.3) is 11.1 Å². The molecule has 0 amide bonds. The third-order valence-corrected chi connectivity index (χ3v) is 17.3. The number of anilines is 8. The molecule has 362 valence electrons. The predicted octanol–water partition coefficient (Wildman–Crippen LogP) is 16.5. The lowest BCUT2D eigenvalue weighted by molar-refractivity contribution is 0.194. The van der Waals surface area contributed by atoms with Crippen molar-refractivity contribution in [3.63, 3.8) is 0 Å². The van der Waals surface area contributed by atoms with E-state index in [9.17, 15) is 0 Å². The average Bonchev–Trinajstić information content (AvgIpc) is 3.52. The van der Waals surface area contributed by atoms with Crippen molar-refractivity contribution in [1.29, 1.82) is 0 Å². The zero-order chi connectivity index (χ0) is 50.4. The summed E-state index contributed by atoms with van der Waals surface area (Å²) in [6.07, 6.45) is 4.38. The van der Waals surface area contributed by atoms with E-state index in [2.05, 4.69) is 239 Å². The molecule has 3 aliphatic heterocycles. The number of halogens is 1. The highest BCUT2D eigenvalue weighted by atomic mass is 19.1. The van der Waals surface area contributed by atoms with Crippen LogP contribution in [0.2, 0.25) is 0 Å². The highest BCUT2D eigenvalue weighted by Crippen LogP contribution is 2.61. The van der Waals surface area contributed by atoms with E-state index in [0.29, 0.717) is 0 Å². The van der Waals surface area contributed by atoms with Gasteiger partial charge in [0.25, 0.3) is 6.71 Å². The lowest BCUT2D eigenvalue weighted by atomic mass is 9.33. The van der Waals surface area contributed by atoms with Gasteiger partial charge < -0.3 is 14.7 Å². The molecule has 0 N–H and O–H groups in total. The maximum absolute atomic E-state index is 15.4. The lowest BCUT2D eigenvalue weighted by Crippen LogP contribution is -2.61. The normalized spacial score (nSPS) is 19.5. The van der Waals surface area contributed by atoms with Crippen LogP contribution < -0.4 is 31.1 Å². The smallest absolute Gasteiger partial charge is 0.252 e. The van der Waals surface area contributed by atoms with E-state index in [1.54, 1.807) is 6.07 Å². The molecule has 1 saturated carbocycles. The Kier molecular flexibility index (Phi) is 10.6. The average molecular weight is 938 g/mol. The van der Waals surface area contributed by atoms with E-state index in [4.69, 9.17) is 0 Å². The fourth-order valence-electron chi connectivity index (χ4n) is 12.8. The third-order valence-electron chi connectivity index (χ3n) is 17.3. The molecule has 0 saturated heterocycles. The van der Waals surface area contributed by atoms with Crippen LogP contribution in [0.1, 0.15) is 150 Å². The van der Waals surface area contributed by atoms with Gasteiger partial charge in [-0.2, -0.15) is 0 Å². The summed E-state index contributed by atoms with van der Waals surface area (Å²) in [5.74, 6) is -0.155. The molecule has 1 fully saturated rings. The summed E-state index contributed by atoms with van der Waals surface area (Å²) >= 11 is 0. The minimum absolute atomic E-state index is 0.00173. The Hall–Kier alpha value is -6.07. The van der Waals surface area contributed by atoms with E-state index in [1.165, 1.54) is 78.2 Å². The maximum Gasteiger partial charge on any atom is 0.252 e. The van der Waals surface area contributed by atoms with Gasteiger partial charge in [-0.25, -0.2) is 4.39 Å². The van der Waals surface area contributed by atoms with Gasteiger partial charge in [-0.05, 0) is 164 Å². The first kappa shape index (κ1) is 47.3. The van der Waals surface area contributed by atoms with Gasteiger partial charge in [-0.3, -0.25) is 0 Å². The number of rotatable bonds is 4. The molecule has 0 aromatic heterocycles. The van der Waals surface area contributed by atoms with Crippen LogP contribution in [0.5, 0.6) is 0 Å². The Morgan fingerprint density at radius 1 is 0.451 bits per heavy atom. The van der Waals surface area contributed by atoms with Crippen molar-refractivity contribution in [3.8, 4) is 11.1 Å². The Morgan fingerprint density at radius 3 is 1.62 bits per heavy atom. The Morgan fingerprint density at radius 2 is 0.972 bits per heavy atom. The van der Waals surface area contributed by atoms with E-state index in [-0.39, 0.29) is 45.1 Å². The Bertz CT molecular complexity index is 3250. The van der Waals surface area contributed by atoms with E-state index in [0.717, 1.165) is 48.3 Å². The van der Waals surface area contributed by atoms with Crippen molar-refractivity contribution in [2.45, 2.75) is 155 Å². The minimum Gasteiger partial charge on any atom is -0.334 e. The third kappa shape index (κ3) is 7.41. The van der Waals surface area contributed by atoms with Crippen LogP contribution >= 0.6 is 0 Å². The fraction of sp³-hybridized carbons (Fsp3) is 0.364. The largest absolute Gasteiger partial charge is 0.334 e. The maximum atomic E-state index is 15.4. The molecule has 7 aromatic rings. The summed E-state index contributed by atoms with van der Waals surface area (Å²) in [4.78, 5) is 7.83. The molecule has 5 heteroatoms. The zero-order valence-electron chi connectivity index (χ0n) is 44.9. The molecule has 11 rings (SSSR count). The number of benzene rings is 7. The highest BCUT2D eigenvalue weighted by molar-refractivity contribution is 7.00. The van der Waals surface area contributed by atoms with Gasteiger partial charge >= 0.3 is 0 Å². The quantitative estimate of drug-likeness (QED) is 0.163. The second kappa shape index (κ2) is 16.0. The van der Waals surface area contributed by atoms with Crippen molar-refractivity contribution >= 4 is 68.6 Å². The first-order valence-electron chi connectivity index (χ1n) is 26.4. The summed E-state index contributed by atoms with van der Waals surface area (Å²) in [6, 6.07) is 52.9. The van der Waals surface area contributed by atoms with E-state index >= 15 is 4.39 Å². The topological polar surface area (TPSA) is 9.72 Å². The van der Waals surface area contributed by atoms with Crippen LogP contribution in [0, 0.1) is 5.82 Å². The first-order valence-corrected chi connectivity index (χ1v) is 26.4. The van der Waals surface area contributed by atoms with Crippen LogP contribution in [-0.4, -0.2) is 12.3 Å². The highest BCUT2D eigenvalue weighted by Gasteiger charge is 2.58. The molecule has 3 heterocycles. The molecule has 2 atom stereocenters. The van der Waals surface area contributed by atoms with Crippen LogP contribution in [-0.2, 0) is 27.1 Å². The SMILES string of the molecule is CC(C)(C)c1ccc(N2c3cc(N4c5ccc(F)cc5C5(C)CCCCC45C)ccc3B3c4ccc(C(C)(C)C)cc4N(c4ccc(C(C)(C)C)cc4-c4ccccc4)c4cc(C(C)(C)C)cc2c43)cc1. The molecule has 3 nitrogen and oxygen atoms in total. The van der Waals surface area contributed by atoms with Crippen molar-refractivity contribution in [1.82, 2.24) is 0 Å². The molecule has 7 aromatic carbocycles. The van der Waals surface area contributed by atoms with Gasteiger partial charge in [0.05, 0.1) is 11.2 Å². The van der Waals surface area contributed by atoms with E-state index < -0.39 is 0 Å². The summed E-state index contributed by atoms with van der Waals surface area (Å²) in [7, 11) is 0. The molecular formula is C66H73BFN3. The summed E-state index contributed by atoms with van der Waals surface area (Å²) in [5.41, 5.74) is 21.5. The second-order valence-corrected chi connectivity index (χ2v) is 26.0. The van der Waals surface area contributed by atoms with Gasteiger partial charge in [0, 0.05) is 50.8 Å². The molecule has 71 heavy (non-hydrogen) atoms. The van der Waals surface area contributed by atoms with Crippen LogP contribution in [0.3, 0.4) is 0 Å². The van der Waals surface area contributed by atoms with E-state index in [1.807, 2.05) is 6.07 Å². The Labute approximate surface area is 425 Å². The van der Waals surface area contributed by atoms with Crippen LogP contribution in [0.15, 0.2) is 140 Å². The summed E-state index contributed by atoms with van der Waals surface area (Å²) in [6.45, 7) is 32.7. The van der Waals surface area contributed by atoms with Crippen LogP contribution in [0.4, 0.5) is 49.9 Å². The Balaban J connectivity index is 1.24. The van der Waals surface area contributed by atoms with Crippen molar-refractivity contribution in [3.05, 3.63) is 173 Å². The summed E-state index contributed by atoms with van der Waals surface area (Å²) in [5, 5.41) is 0. The molecule has 0 bridgehead atoms. The van der Waals surface area contributed by atoms with Gasteiger partial charge in [-0.1, -0.05) is 170 Å². The number of fused-ring (bicyclic) bond motifs is 7. The number of hydrogen-bond acceptors (Lipinski definition) is 3. The monoisotopic (exact) mass is 938 g/mol. The fourth-order valence-corrected chi connectivity index (χ4v) is 12.8. The summed E-state index contributed by atoms with van der Waals surface area (Å²) < 4.78 is 15.4. The zero-order valence-corrected chi connectivity index (χ0v) is 44.9. The van der Waals surface area contributed by atoms with Crippen molar-refractivity contribution < 1.29 is 4.39 Å². The van der Waals surface area contributed by atoms with Crippen molar-refractivity contribution in [2.75, 3.05) is 14.7 Å². The van der Waals surface area contributed by atoms with Gasteiger partial charge in [0.1, 0.15) is 5.82 Å². The molecule has 1 aliphatic carbocycles. The number of nitrogens with zero attached hydrogens (tertiary/aromatic N) is 3. The molecular weight excluding hydrogens is 865 g/mol. The van der Waals surface area contributed by atoms with Gasteiger partial charge in [-0.15, -0.1) is 0 Å².